The predicted molar refractivity (Wildman–Crippen MR) is 88.7 cm³/mol. The van der Waals surface area contributed by atoms with Crippen molar-refractivity contribution >= 4 is 6.03 Å². The van der Waals surface area contributed by atoms with Gasteiger partial charge in [-0.2, -0.15) is 4.98 Å². The van der Waals surface area contributed by atoms with Gasteiger partial charge in [0, 0.05) is 25.0 Å². The van der Waals surface area contributed by atoms with Crippen LogP contribution in [0.1, 0.15) is 48.4 Å². The number of rotatable bonds is 3. The van der Waals surface area contributed by atoms with Crippen LogP contribution in [0.2, 0.25) is 0 Å². The van der Waals surface area contributed by atoms with E-state index in [1.54, 1.807) is 24.0 Å². The average Bonchev–Trinajstić information content (AvgIpc) is 3.23. The molecule has 0 spiro atoms. The molecule has 2 fully saturated rings. The molecule has 1 aliphatic heterocycles. The summed E-state index contributed by atoms with van der Waals surface area (Å²) in [6.07, 6.45) is 2.63. The van der Waals surface area contributed by atoms with Gasteiger partial charge in [-0.1, -0.05) is 23.4 Å². The molecular formula is C18H21FN4O2. The molecule has 1 aliphatic carbocycles. The minimum atomic E-state index is -0.200. The first-order chi connectivity index (χ1) is 12.1. The Morgan fingerprint density at radius 1 is 1.40 bits per heavy atom. The number of aromatic nitrogens is 2. The van der Waals surface area contributed by atoms with Crippen molar-refractivity contribution in [3.63, 3.8) is 0 Å². The van der Waals surface area contributed by atoms with Crippen molar-refractivity contribution < 1.29 is 13.7 Å². The zero-order valence-electron chi connectivity index (χ0n) is 14.1. The van der Waals surface area contributed by atoms with Gasteiger partial charge in [-0.3, -0.25) is 0 Å². The highest BCUT2D eigenvalue weighted by Gasteiger charge is 2.42. The third-order valence-electron chi connectivity index (χ3n) is 5.01. The van der Waals surface area contributed by atoms with Crippen LogP contribution < -0.4 is 5.32 Å². The van der Waals surface area contributed by atoms with E-state index in [0.29, 0.717) is 30.4 Å². The Hall–Kier alpha value is -2.44. The van der Waals surface area contributed by atoms with E-state index >= 15 is 0 Å². The van der Waals surface area contributed by atoms with Gasteiger partial charge in [0.05, 0.1) is 5.92 Å². The second-order valence-corrected chi connectivity index (χ2v) is 6.88. The summed E-state index contributed by atoms with van der Waals surface area (Å²) in [7, 11) is 0. The fraction of sp³-hybridized carbons (Fsp3) is 0.500. The number of hydrogen-bond donors (Lipinski definition) is 1. The molecule has 2 aliphatic rings. The van der Waals surface area contributed by atoms with Gasteiger partial charge in [0.1, 0.15) is 5.82 Å². The van der Waals surface area contributed by atoms with E-state index in [0.717, 1.165) is 19.3 Å². The van der Waals surface area contributed by atoms with Gasteiger partial charge >= 0.3 is 6.03 Å². The Bertz CT molecular complexity index is 778. The van der Waals surface area contributed by atoms with Gasteiger partial charge in [0.25, 0.3) is 0 Å². The molecule has 0 unspecified atom stereocenters. The Morgan fingerprint density at radius 2 is 2.24 bits per heavy atom. The maximum absolute atomic E-state index is 13.8. The lowest BCUT2D eigenvalue weighted by atomic mass is 9.98. The average molecular weight is 344 g/mol. The molecule has 1 N–H and O–H groups in total. The summed E-state index contributed by atoms with van der Waals surface area (Å²) in [5.74, 6) is 1.17. The summed E-state index contributed by atoms with van der Waals surface area (Å²) in [4.78, 5) is 18.6. The van der Waals surface area contributed by atoms with Crippen molar-refractivity contribution in [2.75, 3.05) is 13.1 Å². The summed E-state index contributed by atoms with van der Waals surface area (Å²) in [6, 6.07) is 6.69. The Balaban J connectivity index is 1.35. The quantitative estimate of drug-likeness (QED) is 0.929. The number of nitrogens with zero attached hydrogens (tertiary/aromatic N) is 3. The van der Waals surface area contributed by atoms with Crippen molar-refractivity contribution in [1.82, 2.24) is 20.4 Å². The number of urea groups is 1. The highest BCUT2D eigenvalue weighted by atomic mass is 19.1. The van der Waals surface area contributed by atoms with E-state index in [4.69, 9.17) is 4.52 Å². The molecule has 0 radical (unpaired) electrons. The molecule has 1 aromatic heterocycles. The highest BCUT2D eigenvalue weighted by molar-refractivity contribution is 5.75. The van der Waals surface area contributed by atoms with Crippen LogP contribution in [0.5, 0.6) is 0 Å². The van der Waals surface area contributed by atoms with Crippen LogP contribution in [0, 0.1) is 12.7 Å². The predicted octanol–water partition coefficient (Wildman–Crippen LogP) is 2.96. The molecule has 4 rings (SSSR count). The number of likely N-dealkylation sites (tertiary alicyclic amines) is 1. The molecular weight excluding hydrogens is 323 g/mol. The SMILES string of the molecule is Cc1noc([C@@H]2CCCN(C(=O)N[C@@H]3C[C@H]3c3ccccc3F)C2)n1. The summed E-state index contributed by atoms with van der Waals surface area (Å²) < 4.78 is 19.1. The molecule has 0 bridgehead atoms. The largest absolute Gasteiger partial charge is 0.339 e. The number of halogens is 1. The number of nitrogens with one attached hydrogen (secondary N) is 1. The van der Waals surface area contributed by atoms with Crippen molar-refractivity contribution in [2.45, 2.75) is 44.1 Å². The van der Waals surface area contributed by atoms with Gasteiger partial charge < -0.3 is 14.7 Å². The van der Waals surface area contributed by atoms with Gasteiger partial charge in [0.15, 0.2) is 5.82 Å². The van der Waals surface area contributed by atoms with Gasteiger partial charge in [-0.25, -0.2) is 9.18 Å². The first-order valence-electron chi connectivity index (χ1n) is 8.72. The number of amides is 2. The fourth-order valence-electron chi connectivity index (χ4n) is 3.57. The number of aryl methyl sites for hydroxylation is 1. The maximum Gasteiger partial charge on any atom is 0.317 e. The van der Waals surface area contributed by atoms with Gasteiger partial charge in [-0.15, -0.1) is 0 Å². The third-order valence-corrected chi connectivity index (χ3v) is 5.01. The maximum atomic E-state index is 13.8. The van der Waals surface area contributed by atoms with E-state index in [1.807, 2.05) is 6.07 Å². The molecule has 1 aromatic carbocycles. The van der Waals surface area contributed by atoms with Crippen molar-refractivity contribution in [3.05, 3.63) is 47.4 Å². The van der Waals surface area contributed by atoms with Gasteiger partial charge in [0.2, 0.25) is 5.89 Å². The molecule has 1 saturated carbocycles. The topological polar surface area (TPSA) is 71.3 Å². The Labute approximate surface area is 145 Å². The lowest BCUT2D eigenvalue weighted by molar-refractivity contribution is 0.171. The van der Waals surface area contributed by atoms with Gasteiger partial charge in [-0.05, 0) is 37.8 Å². The number of piperidine rings is 1. The minimum absolute atomic E-state index is 0.00965. The van der Waals surface area contributed by atoms with E-state index in [1.165, 1.54) is 6.07 Å². The lowest BCUT2D eigenvalue weighted by Gasteiger charge is -2.31. The highest BCUT2D eigenvalue weighted by Crippen LogP contribution is 2.42. The van der Waals surface area contributed by atoms with E-state index < -0.39 is 0 Å². The number of hydrogen-bond acceptors (Lipinski definition) is 4. The third kappa shape index (κ3) is 3.36. The zero-order chi connectivity index (χ0) is 17.4. The van der Waals surface area contributed by atoms with Crippen molar-refractivity contribution in [2.24, 2.45) is 0 Å². The van der Waals surface area contributed by atoms with E-state index in [2.05, 4.69) is 15.5 Å². The molecule has 132 valence electrons. The molecule has 25 heavy (non-hydrogen) atoms. The number of carbonyl (C=O) groups is 1. The number of carbonyl (C=O) groups excluding carboxylic acids is 1. The zero-order valence-corrected chi connectivity index (χ0v) is 14.1. The normalized spacial score (nSPS) is 25.7. The van der Waals surface area contributed by atoms with Crippen LogP contribution in [0.25, 0.3) is 0 Å². The van der Waals surface area contributed by atoms with Crippen LogP contribution in [-0.4, -0.2) is 40.2 Å². The molecule has 3 atom stereocenters. The van der Waals surface area contributed by atoms with Crippen LogP contribution in [-0.2, 0) is 0 Å². The van der Waals surface area contributed by atoms with Crippen LogP contribution in [0.3, 0.4) is 0 Å². The fourth-order valence-corrected chi connectivity index (χ4v) is 3.57. The van der Waals surface area contributed by atoms with Crippen molar-refractivity contribution in [1.29, 1.82) is 0 Å². The Kier molecular flexibility index (Phi) is 4.15. The molecule has 7 heteroatoms. The molecule has 2 aromatic rings. The minimum Gasteiger partial charge on any atom is -0.339 e. The monoisotopic (exact) mass is 344 g/mol. The van der Waals surface area contributed by atoms with Crippen molar-refractivity contribution in [3.8, 4) is 0 Å². The van der Waals surface area contributed by atoms with Crippen LogP contribution in [0.15, 0.2) is 28.8 Å². The first kappa shape index (κ1) is 16.1. The van der Waals surface area contributed by atoms with E-state index in [-0.39, 0.29) is 29.7 Å². The van der Waals surface area contributed by atoms with Crippen LogP contribution in [0.4, 0.5) is 9.18 Å². The second-order valence-electron chi connectivity index (χ2n) is 6.88. The van der Waals surface area contributed by atoms with Crippen LogP contribution >= 0.6 is 0 Å². The smallest absolute Gasteiger partial charge is 0.317 e. The molecule has 2 amide bonds. The summed E-state index contributed by atoms with van der Waals surface area (Å²) in [6.45, 7) is 3.08. The van der Waals surface area contributed by atoms with E-state index in [9.17, 15) is 9.18 Å². The first-order valence-corrected chi connectivity index (χ1v) is 8.72. The molecule has 1 saturated heterocycles. The summed E-state index contributed by atoms with van der Waals surface area (Å²) in [5.41, 5.74) is 0.686. The number of benzene rings is 1. The molecule has 6 nitrogen and oxygen atoms in total. The second kappa shape index (κ2) is 6.46. The standard InChI is InChI=1S/C18H21FN4O2/c1-11-20-17(25-22-11)12-5-4-8-23(10-12)18(24)21-16-9-14(16)13-6-2-3-7-15(13)19/h2-3,6-7,12,14,16H,4-5,8-10H2,1H3,(H,21,24)/t12-,14+,16-/m1/s1. The molecule has 2 heterocycles. The summed E-state index contributed by atoms with van der Waals surface area (Å²) >= 11 is 0. The Morgan fingerprint density at radius 3 is 3.00 bits per heavy atom. The lowest BCUT2D eigenvalue weighted by Crippen LogP contribution is -2.46. The summed E-state index contributed by atoms with van der Waals surface area (Å²) in [5, 5.41) is 6.86.